The first-order valence-electron chi connectivity index (χ1n) is 12.8. The lowest BCUT2D eigenvalue weighted by atomic mass is 10.1. The highest BCUT2D eigenvalue weighted by molar-refractivity contribution is 6.34. The van der Waals surface area contributed by atoms with Crippen molar-refractivity contribution in [3.63, 3.8) is 0 Å². The normalized spacial score (nSPS) is 11.1. The minimum Gasteiger partial charge on any atom is -0.361 e. The second-order valence-corrected chi connectivity index (χ2v) is 10.3. The molecule has 3 aromatic carbocycles. The summed E-state index contributed by atoms with van der Waals surface area (Å²) < 4.78 is 7.40. The van der Waals surface area contributed by atoms with Crippen LogP contribution in [-0.2, 0) is 22.8 Å². The van der Waals surface area contributed by atoms with Gasteiger partial charge in [0.1, 0.15) is 12.4 Å². The fourth-order valence-corrected chi connectivity index (χ4v) is 4.46. The number of aromatic nitrogens is 1. The third-order valence-electron chi connectivity index (χ3n) is 6.17. The van der Waals surface area contributed by atoms with Crippen molar-refractivity contribution in [1.82, 2.24) is 9.88 Å². The van der Waals surface area contributed by atoms with E-state index in [9.17, 15) is 14.4 Å². The second kappa shape index (κ2) is 13.0. The van der Waals surface area contributed by atoms with E-state index in [-0.39, 0.29) is 36.6 Å². The minimum atomic E-state index is -0.394. The Morgan fingerprint density at radius 2 is 1.65 bits per heavy atom. The highest BCUT2D eigenvalue weighted by Crippen LogP contribution is 2.26. The van der Waals surface area contributed by atoms with E-state index in [4.69, 9.17) is 27.9 Å². The minimum absolute atomic E-state index is 0.0776. The molecule has 0 atom stereocenters. The number of rotatable bonds is 10. The van der Waals surface area contributed by atoms with E-state index < -0.39 is 5.91 Å². The fraction of sp³-hybridized carbons (Fsp3) is 0.233. The Bertz CT molecular complexity index is 1560. The van der Waals surface area contributed by atoms with Crippen LogP contribution >= 0.6 is 23.2 Å². The van der Waals surface area contributed by atoms with Gasteiger partial charge in [0.05, 0.1) is 16.1 Å². The van der Waals surface area contributed by atoms with Gasteiger partial charge in [-0.25, -0.2) is 0 Å². The maximum atomic E-state index is 13.2. The Labute approximate surface area is 242 Å². The number of halogens is 2. The average molecular weight is 582 g/mol. The van der Waals surface area contributed by atoms with Crippen LogP contribution in [-0.4, -0.2) is 28.9 Å². The number of fused-ring (bicyclic) bond motifs is 1. The van der Waals surface area contributed by atoms with Crippen LogP contribution in [0.5, 0.6) is 0 Å². The van der Waals surface area contributed by atoms with Gasteiger partial charge in [0.15, 0.2) is 0 Å². The van der Waals surface area contributed by atoms with Gasteiger partial charge in [0.2, 0.25) is 5.91 Å². The molecule has 40 heavy (non-hydrogen) atoms. The summed E-state index contributed by atoms with van der Waals surface area (Å²) in [6.07, 6.45) is 0. The average Bonchev–Trinajstić information content (AvgIpc) is 3.28. The fourth-order valence-electron chi connectivity index (χ4n) is 4.07. The smallest absolute Gasteiger partial charge is 0.272 e. The molecule has 4 aromatic rings. The van der Waals surface area contributed by atoms with Crippen molar-refractivity contribution in [3.05, 3.63) is 93.6 Å². The van der Waals surface area contributed by atoms with Gasteiger partial charge in [-0.1, -0.05) is 49.2 Å². The molecule has 3 N–H and O–H groups in total. The largest absolute Gasteiger partial charge is 0.361 e. The zero-order valence-corrected chi connectivity index (χ0v) is 23.9. The van der Waals surface area contributed by atoms with E-state index in [0.29, 0.717) is 33.7 Å². The molecule has 0 aliphatic carbocycles. The van der Waals surface area contributed by atoms with E-state index in [1.54, 1.807) is 65.2 Å². The topological polar surface area (TPSA) is 101 Å². The summed E-state index contributed by atoms with van der Waals surface area (Å²) in [5, 5.41) is 10.1. The zero-order valence-electron chi connectivity index (χ0n) is 22.4. The van der Waals surface area contributed by atoms with Crippen LogP contribution in [0.15, 0.2) is 66.7 Å². The number of nitrogens with zero attached hydrogens (tertiary/aromatic N) is 1. The summed E-state index contributed by atoms with van der Waals surface area (Å²) in [6.45, 7) is 6.44. The Morgan fingerprint density at radius 3 is 2.38 bits per heavy atom. The molecule has 0 bridgehead atoms. The first-order chi connectivity index (χ1) is 19.2. The van der Waals surface area contributed by atoms with Crippen LogP contribution in [0.2, 0.25) is 10.0 Å². The van der Waals surface area contributed by atoms with Gasteiger partial charge >= 0.3 is 0 Å². The van der Waals surface area contributed by atoms with Crippen LogP contribution < -0.4 is 16.0 Å². The Kier molecular flexibility index (Phi) is 9.47. The first kappa shape index (κ1) is 29.1. The highest BCUT2D eigenvalue weighted by atomic mass is 35.5. The highest BCUT2D eigenvalue weighted by Gasteiger charge is 2.18. The number of hydrogen-bond acceptors (Lipinski definition) is 4. The predicted molar refractivity (Wildman–Crippen MR) is 159 cm³/mol. The number of carbonyl (C=O) groups is 3. The molecule has 8 nitrogen and oxygen atoms in total. The standard InChI is InChI=1S/C30H30Cl2N4O4/c1-4-40-17-36-26-11-9-23(13-20(26)14-27(36)30(39)35-22-7-5-6-21(31)15-22)34-29(38)24-12-19(8-10-25(24)32)16-33-28(37)18(2)3/h5-15,18H,4,16-17H2,1-3H3,(H,33,37)(H,34,38)(H,35,39). The van der Waals surface area contributed by atoms with E-state index in [1.165, 1.54) is 0 Å². The number of benzene rings is 3. The van der Waals surface area contributed by atoms with Gasteiger partial charge in [-0.05, 0) is 67.1 Å². The van der Waals surface area contributed by atoms with Crippen LogP contribution in [0.4, 0.5) is 11.4 Å². The van der Waals surface area contributed by atoms with Gasteiger partial charge in [-0.15, -0.1) is 0 Å². The van der Waals surface area contributed by atoms with Gasteiger partial charge in [0, 0.05) is 40.9 Å². The maximum Gasteiger partial charge on any atom is 0.272 e. The monoisotopic (exact) mass is 580 g/mol. The maximum absolute atomic E-state index is 13.2. The molecule has 0 unspecified atom stereocenters. The van der Waals surface area contributed by atoms with Gasteiger partial charge < -0.3 is 25.3 Å². The summed E-state index contributed by atoms with van der Waals surface area (Å²) in [6, 6.07) is 19.1. The van der Waals surface area contributed by atoms with Crippen LogP contribution in [0.1, 0.15) is 47.2 Å². The molecule has 0 saturated heterocycles. The molecular formula is C30H30Cl2N4O4. The number of nitrogens with one attached hydrogen (secondary N) is 3. The third-order valence-corrected chi connectivity index (χ3v) is 6.73. The lowest BCUT2D eigenvalue weighted by molar-refractivity contribution is -0.124. The van der Waals surface area contributed by atoms with Crippen LogP contribution in [0, 0.1) is 5.92 Å². The van der Waals surface area contributed by atoms with Crippen molar-refractivity contribution in [1.29, 1.82) is 0 Å². The van der Waals surface area contributed by atoms with Gasteiger partial charge in [-0.2, -0.15) is 0 Å². The van der Waals surface area contributed by atoms with E-state index in [1.807, 2.05) is 26.8 Å². The Morgan fingerprint density at radius 1 is 0.900 bits per heavy atom. The lowest BCUT2D eigenvalue weighted by Gasteiger charge is -2.12. The molecular weight excluding hydrogens is 551 g/mol. The van der Waals surface area contributed by atoms with Gasteiger partial charge in [0.25, 0.3) is 11.8 Å². The molecule has 0 aliphatic heterocycles. The number of anilines is 2. The van der Waals surface area contributed by atoms with E-state index in [2.05, 4.69) is 16.0 Å². The number of ether oxygens (including phenoxy) is 1. The summed E-state index contributed by atoms with van der Waals surface area (Å²) >= 11 is 12.4. The van der Waals surface area contributed by atoms with Crippen molar-refractivity contribution < 1.29 is 19.1 Å². The van der Waals surface area contributed by atoms with E-state index in [0.717, 1.165) is 16.5 Å². The molecule has 0 fully saturated rings. The molecule has 1 aromatic heterocycles. The third kappa shape index (κ3) is 7.01. The first-order valence-corrected chi connectivity index (χ1v) is 13.6. The van der Waals surface area contributed by atoms with Crippen LogP contribution in [0.3, 0.4) is 0 Å². The quantitative estimate of drug-likeness (QED) is 0.194. The molecule has 208 valence electrons. The SMILES string of the molecule is CCOCn1c(C(=O)Nc2cccc(Cl)c2)cc2cc(NC(=O)c3cc(CNC(=O)C(C)C)ccc3Cl)ccc21. The van der Waals surface area contributed by atoms with Crippen molar-refractivity contribution in [2.24, 2.45) is 5.92 Å². The molecule has 0 radical (unpaired) electrons. The van der Waals surface area contributed by atoms with Crippen molar-refractivity contribution >= 4 is 63.2 Å². The summed E-state index contributed by atoms with van der Waals surface area (Å²) in [5.41, 5.74) is 3.30. The van der Waals surface area contributed by atoms with Crippen molar-refractivity contribution in [3.8, 4) is 0 Å². The summed E-state index contributed by atoms with van der Waals surface area (Å²) in [4.78, 5) is 38.3. The van der Waals surface area contributed by atoms with Crippen molar-refractivity contribution in [2.75, 3.05) is 17.2 Å². The molecule has 0 aliphatic rings. The molecule has 10 heteroatoms. The number of amides is 3. The van der Waals surface area contributed by atoms with Gasteiger partial charge in [-0.3, -0.25) is 14.4 Å². The predicted octanol–water partition coefficient (Wildman–Crippen LogP) is 6.72. The Hall–Kier alpha value is -3.85. The number of carbonyl (C=O) groups excluding carboxylic acids is 3. The molecule has 0 saturated carbocycles. The number of hydrogen-bond donors (Lipinski definition) is 3. The molecule has 3 amide bonds. The second-order valence-electron chi connectivity index (χ2n) is 9.46. The van der Waals surface area contributed by atoms with Crippen LogP contribution in [0.25, 0.3) is 10.9 Å². The lowest BCUT2D eigenvalue weighted by Crippen LogP contribution is -2.27. The summed E-state index contributed by atoms with van der Waals surface area (Å²) in [5.74, 6) is -0.936. The van der Waals surface area contributed by atoms with E-state index >= 15 is 0 Å². The molecule has 0 spiro atoms. The molecule has 1 heterocycles. The summed E-state index contributed by atoms with van der Waals surface area (Å²) in [7, 11) is 0. The molecule has 4 rings (SSSR count). The zero-order chi connectivity index (χ0) is 28.8. The Balaban J connectivity index is 1.57. The van der Waals surface area contributed by atoms with Crippen molar-refractivity contribution in [2.45, 2.75) is 34.0 Å².